The van der Waals surface area contributed by atoms with E-state index in [2.05, 4.69) is 11.4 Å². The third-order valence-corrected chi connectivity index (χ3v) is 3.16. The summed E-state index contributed by atoms with van der Waals surface area (Å²) < 4.78 is 0. The van der Waals surface area contributed by atoms with Crippen LogP contribution in [0.3, 0.4) is 0 Å². The van der Waals surface area contributed by atoms with E-state index in [1.807, 2.05) is 19.9 Å². The average Bonchev–Trinajstić information content (AvgIpc) is 2.40. The lowest BCUT2D eigenvalue weighted by atomic mass is 10.1. The third-order valence-electron chi connectivity index (χ3n) is 3.16. The Balaban J connectivity index is 2.27. The molecule has 4 heteroatoms. The molecule has 0 saturated heterocycles. The molecule has 0 bridgehead atoms. The first-order valence-corrected chi connectivity index (χ1v) is 6.30. The van der Waals surface area contributed by atoms with Crippen LogP contribution in [0.15, 0.2) is 36.4 Å². The van der Waals surface area contributed by atoms with E-state index in [1.54, 1.807) is 24.3 Å². The molecule has 0 heterocycles. The van der Waals surface area contributed by atoms with Gasteiger partial charge in [0.15, 0.2) is 0 Å². The highest BCUT2D eigenvalue weighted by molar-refractivity contribution is 5.56. The van der Waals surface area contributed by atoms with Crippen LogP contribution in [0.5, 0.6) is 11.5 Å². The van der Waals surface area contributed by atoms with Crippen molar-refractivity contribution in [2.75, 3.05) is 5.32 Å². The molecule has 0 aromatic heterocycles. The molecule has 0 radical (unpaired) electrons. The first-order chi connectivity index (χ1) is 9.49. The van der Waals surface area contributed by atoms with E-state index in [0.717, 1.165) is 16.8 Å². The number of rotatable bonds is 3. The summed E-state index contributed by atoms with van der Waals surface area (Å²) in [5, 5.41) is 31.2. The number of nitrogens with one attached hydrogen (secondary N) is 1. The second kappa shape index (κ2) is 5.54. The van der Waals surface area contributed by atoms with Crippen LogP contribution in [0.1, 0.15) is 29.7 Å². The molecular formula is C16H16N2O2. The SMILES string of the molecule is Cc1ccc(C#N)cc1NC(C)c1cc(O)cc(O)c1. The Morgan fingerprint density at radius 1 is 1.10 bits per heavy atom. The molecule has 0 aliphatic heterocycles. The fourth-order valence-corrected chi connectivity index (χ4v) is 2.03. The number of nitriles is 1. The van der Waals surface area contributed by atoms with Gasteiger partial charge < -0.3 is 15.5 Å². The largest absolute Gasteiger partial charge is 0.508 e. The fourth-order valence-electron chi connectivity index (χ4n) is 2.03. The van der Waals surface area contributed by atoms with Gasteiger partial charge in [0, 0.05) is 17.8 Å². The monoisotopic (exact) mass is 268 g/mol. The molecule has 0 amide bonds. The summed E-state index contributed by atoms with van der Waals surface area (Å²) in [7, 11) is 0. The minimum absolute atomic E-state index is 0.0242. The smallest absolute Gasteiger partial charge is 0.119 e. The van der Waals surface area contributed by atoms with Crippen LogP contribution in [-0.4, -0.2) is 10.2 Å². The predicted octanol–water partition coefficient (Wildman–Crippen LogP) is 3.45. The summed E-state index contributed by atoms with van der Waals surface area (Å²) >= 11 is 0. The maximum atomic E-state index is 9.51. The molecule has 0 aliphatic rings. The Hall–Kier alpha value is -2.67. The molecular weight excluding hydrogens is 252 g/mol. The van der Waals surface area contributed by atoms with Crippen molar-refractivity contribution in [3.05, 3.63) is 53.1 Å². The molecule has 4 nitrogen and oxygen atoms in total. The minimum Gasteiger partial charge on any atom is -0.508 e. The Morgan fingerprint density at radius 2 is 1.75 bits per heavy atom. The maximum Gasteiger partial charge on any atom is 0.119 e. The van der Waals surface area contributed by atoms with Crippen LogP contribution in [0.25, 0.3) is 0 Å². The lowest BCUT2D eigenvalue weighted by Gasteiger charge is -2.18. The van der Waals surface area contributed by atoms with Gasteiger partial charge in [-0.25, -0.2) is 0 Å². The molecule has 0 aliphatic carbocycles. The van der Waals surface area contributed by atoms with Crippen LogP contribution < -0.4 is 5.32 Å². The number of aryl methyl sites for hydroxylation is 1. The van der Waals surface area contributed by atoms with Gasteiger partial charge in [-0.05, 0) is 49.2 Å². The van der Waals surface area contributed by atoms with Gasteiger partial charge in [0.2, 0.25) is 0 Å². The number of phenolic OH excluding ortho intramolecular Hbond substituents is 2. The van der Waals surface area contributed by atoms with Gasteiger partial charge in [0.25, 0.3) is 0 Å². The number of anilines is 1. The van der Waals surface area contributed by atoms with Crippen molar-refractivity contribution in [1.82, 2.24) is 0 Å². The van der Waals surface area contributed by atoms with Gasteiger partial charge in [0.1, 0.15) is 11.5 Å². The lowest BCUT2D eigenvalue weighted by Crippen LogP contribution is -2.07. The molecule has 102 valence electrons. The molecule has 0 fully saturated rings. The van der Waals surface area contributed by atoms with Crippen LogP contribution in [-0.2, 0) is 0 Å². The molecule has 0 saturated carbocycles. The lowest BCUT2D eigenvalue weighted by molar-refractivity contribution is 0.448. The predicted molar refractivity (Wildman–Crippen MR) is 77.7 cm³/mol. The standard InChI is InChI=1S/C16H16N2O2/c1-10-3-4-12(9-17)5-16(10)18-11(2)13-6-14(19)8-15(20)7-13/h3-8,11,18-20H,1-2H3. The number of hydrogen-bond acceptors (Lipinski definition) is 4. The highest BCUT2D eigenvalue weighted by atomic mass is 16.3. The summed E-state index contributed by atoms with van der Waals surface area (Å²) in [5.41, 5.74) is 3.24. The Labute approximate surface area is 117 Å². The van der Waals surface area contributed by atoms with Crippen molar-refractivity contribution in [3.8, 4) is 17.6 Å². The van der Waals surface area contributed by atoms with Crippen LogP contribution in [0, 0.1) is 18.3 Å². The Morgan fingerprint density at radius 3 is 2.35 bits per heavy atom. The van der Waals surface area contributed by atoms with Crippen molar-refractivity contribution in [1.29, 1.82) is 5.26 Å². The summed E-state index contributed by atoms with van der Waals surface area (Å²) in [6.07, 6.45) is 0. The van der Waals surface area contributed by atoms with Gasteiger partial charge >= 0.3 is 0 Å². The van der Waals surface area contributed by atoms with E-state index in [4.69, 9.17) is 5.26 Å². The average molecular weight is 268 g/mol. The molecule has 2 aromatic rings. The van der Waals surface area contributed by atoms with E-state index in [-0.39, 0.29) is 17.5 Å². The Bertz CT molecular complexity index is 654. The van der Waals surface area contributed by atoms with E-state index in [9.17, 15) is 10.2 Å². The quantitative estimate of drug-likeness (QED) is 0.796. The van der Waals surface area contributed by atoms with Gasteiger partial charge in [-0.3, -0.25) is 0 Å². The van der Waals surface area contributed by atoms with Crippen molar-refractivity contribution < 1.29 is 10.2 Å². The van der Waals surface area contributed by atoms with Crippen LogP contribution in [0.2, 0.25) is 0 Å². The van der Waals surface area contributed by atoms with E-state index in [1.165, 1.54) is 6.07 Å². The topological polar surface area (TPSA) is 76.3 Å². The number of phenols is 2. The molecule has 20 heavy (non-hydrogen) atoms. The van der Waals surface area contributed by atoms with E-state index >= 15 is 0 Å². The summed E-state index contributed by atoms with van der Waals surface area (Å²) in [4.78, 5) is 0. The summed E-state index contributed by atoms with van der Waals surface area (Å²) in [5.74, 6) is 0.0484. The van der Waals surface area contributed by atoms with Crippen molar-refractivity contribution >= 4 is 5.69 Å². The van der Waals surface area contributed by atoms with Crippen molar-refractivity contribution in [2.24, 2.45) is 0 Å². The summed E-state index contributed by atoms with van der Waals surface area (Å²) in [6.45, 7) is 3.88. The van der Waals surface area contributed by atoms with Crippen LogP contribution in [0.4, 0.5) is 5.69 Å². The van der Waals surface area contributed by atoms with Gasteiger partial charge in [0.05, 0.1) is 11.6 Å². The first kappa shape index (κ1) is 13.8. The zero-order valence-corrected chi connectivity index (χ0v) is 11.4. The van der Waals surface area contributed by atoms with E-state index in [0.29, 0.717) is 5.56 Å². The summed E-state index contributed by atoms with van der Waals surface area (Å²) in [6, 6.07) is 11.9. The molecule has 2 rings (SSSR count). The van der Waals surface area contributed by atoms with Gasteiger partial charge in [-0.1, -0.05) is 6.07 Å². The van der Waals surface area contributed by atoms with Crippen molar-refractivity contribution in [3.63, 3.8) is 0 Å². The number of nitrogens with zero attached hydrogens (tertiary/aromatic N) is 1. The van der Waals surface area contributed by atoms with Crippen molar-refractivity contribution in [2.45, 2.75) is 19.9 Å². The number of hydrogen-bond donors (Lipinski definition) is 3. The second-order valence-electron chi connectivity index (χ2n) is 4.79. The van der Waals surface area contributed by atoms with Gasteiger partial charge in [-0.2, -0.15) is 5.26 Å². The molecule has 0 spiro atoms. The highest BCUT2D eigenvalue weighted by Crippen LogP contribution is 2.28. The second-order valence-corrected chi connectivity index (χ2v) is 4.79. The molecule has 2 aromatic carbocycles. The molecule has 1 unspecified atom stereocenters. The number of aromatic hydroxyl groups is 2. The highest BCUT2D eigenvalue weighted by Gasteiger charge is 2.10. The normalized spacial score (nSPS) is 11.7. The van der Waals surface area contributed by atoms with Gasteiger partial charge in [-0.15, -0.1) is 0 Å². The molecule has 3 N–H and O–H groups in total. The van der Waals surface area contributed by atoms with Crippen LogP contribution >= 0.6 is 0 Å². The molecule has 1 atom stereocenters. The fraction of sp³-hybridized carbons (Fsp3) is 0.188. The number of benzene rings is 2. The Kier molecular flexibility index (Phi) is 3.81. The zero-order valence-electron chi connectivity index (χ0n) is 11.4. The zero-order chi connectivity index (χ0) is 14.7. The third kappa shape index (κ3) is 3.01. The maximum absolute atomic E-state index is 9.51. The first-order valence-electron chi connectivity index (χ1n) is 6.30. The van der Waals surface area contributed by atoms with E-state index < -0.39 is 0 Å². The minimum atomic E-state index is -0.111.